The number of aliphatic hydroxyl groups excluding tert-OH is 1. The van der Waals surface area contributed by atoms with Crippen molar-refractivity contribution in [2.75, 3.05) is 6.61 Å². The van der Waals surface area contributed by atoms with Gasteiger partial charge in [0.2, 0.25) is 0 Å². The second-order valence-electron chi connectivity index (χ2n) is 6.17. The van der Waals surface area contributed by atoms with Gasteiger partial charge in [-0.05, 0) is 31.9 Å². The van der Waals surface area contributed by atoms with Crippen LogP contribution in [0.25, 0.3) is 0 Å². The highest BCUT2D eigenvalue weighted by Gasteiger charge is 2.13. The number of benzene rings is 2. The fraction of sp³-hybridized carbons (Fsp3) is 0.350. The molecular formula is C20H26N2O3. The molecule has 0 saturated carbocycles. The number of ether oxygens (including phenoxy) is 1. The first-order valence-corrected chi connectivity index (χ1v) is 8.52. The van der Waals surface area contributed by atoms with E-state index in [2.05, 4.69) is 10.6 Å². The molecule has 0 heterocycles. The third-order valence-corrected chi connectivity index (χ3v) is 3.66. The van der Waals surface area contributed by atoms with Crippen molar-refractivity contribution >= 4 is 6.03 Å². The molecule has 2 aromatic carbocycles. The SMILES string of the molecule is CC(C)Oc1ccccc1CNC(=O)NC(CO)Cc1ccccc1. The second kappa shape index (κ2) is 9.69. The van der Waals surface area contributed by atoms with Crippen LogP contribution in [0.2, 0.25) is 0 Å². The van der Waals surface area contributed by atoms with E-state index in [0.29, 0.717) is 13.0 Å². The molecule has 0 aliphatic rings. The quantitative estimate of drug-likeness (QED) is 0.691. The first-order chi connectivity index (χ1) is 12.1. The van der Waals surface area contributed by atoms with Crippen molar-refractivity contribution in [1.29, 1.82) is 0 Å². The summed E-state index contributed by atoms with van der Waals surface area (Å²) in [6, 6.07) is 16.8. The van der Waals surface area contributed by atoms with E-state index >= 15 is 0 Å². The number of carbonyl (C=O) groups excluding carboxylic acids is 1. The van der Waals surface area contributed by atoms with E-state index in [-0.39, 0.29) is 24.8 Å². The van der Waals surface area contributed by atoms with Crippen LogP contribution in [0.3, 0.4) is 0 Å². The van der Waals surface area contributed by atoms with Gasteiger partial charge in [0.1, 0.15) is 5.75 Å². The van der Waals surface area contributed by atoms with Crippen LogP contribution >= 0.6 is 0 Å². The number of aliphatic hydroxyl groups is 1. The Morgan fingerprint density at radius 3 is 2.44 bits per heavy atom. The largest absolute Gasteiger partial charge is 0.491 e. The first kappa shape index (κ1) is 18.8. The number of carbonyl (C=O) groups is 1. The number of rotatable bonds is 8. The molecule has 2 aromatic rings. The topological polar surface area (TPSA) is 70.6 Å². The van der Waals surface area contributed by atoms with Gasteiger partial charge in [-0.3, -0.25) is 0 Å². The molecular weight excluding hydrogens is 316 g/mol. The number of para-hydroxylation sites is 1. The van der Waals surface area contributed by atoms with Crippen LogP contribution in [0, 0.1) is 0 Å². The van der Waals surface area contributed by atoms with Crippen LogP contribution in [0.5, 0.6) is 5.75 Å². The number of amides is 2. The van der Waals surface area contributed by atoms with Crippen LogP contribution in [-0.2, 0) is 13.0 Å². The lowest BCUT2D eigenvalue weighted by Gasteiger charge is -2.18. The zero-order valence-electron chi connectivity index (χ0n) is 14.7. The highest BCUT2D eigenvalue weighted by Crippen LogP contribution is 2.19. The Balaban J connectivity index is 1.87. The molecule has 0 radical (unpaired) electrons. The maximum absolute atomic E-state index is 12.1. The van der Waals surface area contributed by atoms with Crippen LogP contribution in [0.15, 0.2) is 54.6 Å². The summed E-state index contributed by atoms with van der Waals surface area (Å²) in [5, 5.41) is 15.1. The minimum absolute atomic E-state index is 0.0691. The van der Waals surface area contributed by atoms with Crippen molar-refractivity contribution in [1.82, 2.24) is 10.6 Å². The summed E-state index contributed by atoms with van der Waals surface area (Å²) in [7, 11) is 0. The van der Waals surface area contributed by atoms with Gasteiger partial charge in [-0.25, -0.2) is 4.79 Å². The maximum atomic E-state index is 12.1. The second-order valence-corrected chi connectivity index (χ2v) is 6.17. The van der Waals surface area contributed by atoms with Crippen LogP contribution in [-0.4, -0.2) is 29.9 Å². The van der Waals surface area contributed by atoms with Crippen LogP contribution < -0.4 is 15.4 Å². The molecule has 0 aliphatic carbocycles. The lowest BCUT2D eigenvalue weighted by Crippen LogP contribution is -2.44. The zero-order valence-corrected chi connectivity index (χ0v) is 14.7. The minimum atomic E-state index is -0.329. The number of urea groups is 1. The van der Waals surface area contributed by atoms with Gasteiger partial charge in [0, 0.05) is 12.1 Å². The van der Waals surface area contributed by atoms with Gasteiger partial charge in [-0.1, -0.05) is 48.5 Å². The molecule has 25 heavy (non-hydrogen) atoms. The molecule has 5 heteroatoms. The van der Waals surface area contributed by atoms with E-state index < -0.39 is 0 Å². The van der Waals surface area contributed by atoms with Gasteiger partial charge in [-0.2, -0.15) is 0 Å². The average Bonchev–Trinajstić information content (AvgIpc) is 2.61. The number of nitrogens with one attached hydrogen (secondary N) is 2. The molecule has 0 spiro atoms. The molecule has 0 bridgehead atoms. The number of hydrogen-bond acceptors (Lipinski definition) is 3. The van der Waals surface area contributed by atoms with Crippen molar-refractivity contribution in [2.24, 2.45) is 0 Å². The normalized spacial score (nSPS) is 11.8. The third kappa shape index (κ3) is 6.47. The average molecular weight is 342 g/mol. The Morgan fingerprint density at radius 2 is 1.76 bits per heavy atom. The van der Waals surface area contributed by atoms with Gasteiger partial charge < -0.3 is 20.5 Å². The zero-order chi connectivity index (χ0) is 18.1. The standard InChI is InChI=1S/C20H26N2O3/c1-15(2)25-19-11-7-6-10-17(19)13-21-20(24)22-18(14-23)12-16-8-4-3-5-9-16/h3-11,15,18,23H,12-14H2,1-2H3,(H2,21,22,24). The van der Waals surface area contributed by atoms with Crippen molar-refractivity contribution < 1.29 is 14.6 Å². The molecule has 3 N–H and O–H groups in total. The fourth-order valence-corrected chi connectivity index (χ4v) is 2.49. The molecule has 134 valence electrons. The molecule has 0 fully saturated rings. The summed E-state index contributed by atoms with van der Waals surface area (Å²) in [5.41, 5.74) is 1.98. The van der Waals surface area contributed by atoms with Crippen LogP contribution in [0.1, 0.15) is 25.0 Å². The number of hydrogen-bond donors (Lipinski definition) is 3. The Bertz CT molecular complexity index is 659. The van der Waals surface area contributed by atoms with Crippen molar-refractivity contribution in [3.05, 3.63) is 65.7 Å². The summed E-state index contributed by atoms with van der Waals surface area (Å²) < 4.78 is 5.75. The molecule has 2 amide bonds. The van der Waals surface area contributed by atoms with Gasteiger partial charge in [-0.15, -0.1) is 0 Å². The minimum Gasteiger partial charge on any atom is -0.491 e. The predicted octanol–water partition coefficient (Wildman–Crippen LogP) is 2.88. The molecule has 0 aliphatic heterocycles. The van der Waals surface area contributed by atoms with Crippen molar-refractivity contribution in [3.63, 3.8) is 0 Å². The predicted molar refractivity (Wildman–Crippen MR) is 98.6 cm³/mol. The van der Waals surface area contributed by atoms with Crippen LogP contribution in [0.4, 0.5) is 4.79 Å². The van der Waals surface area contributed by atoms with Gasteiger partial charge >= 0.3 is 6.03 Å². The van der Waals surface area contributed by atoms with Gasteiger partial charge in [0.25, 0.3) is 0 Å². The molecule has 1 atom stereocenters. The summed E-state index contributed by atoms with van der Waals surface area (Å²) >= 11 is 0. The van der Waals surface area contributed by atoms with E-state index in [0.717, 1.165) is 16.9 Å². The molecule has 0 saturated heterocycles. The Hall–Kier alpha value is -2.53. The van der Waals surface area contributed by atoms with Crippen molar-refractivity contribution in [3.8, 4) is 5.75 Å². The smallest absolute Gasteiger partial charge is 0.315 e. The Kier molecular flexibility index (Phi) is 7.29. The first-order valence-electron chi connectivity index (χ1n) is 8.52. The van der Waals surface area contributed by atoms with Crippen molar-refractivity contribution in [2.45, 2.75) is 39.0 Å². The monoisotopic (exact) mass is 342 g/mol. The van der Waals surface area contributed by atoms with Gasteiger partial charge in [0.15, 0.2) is 0 Å². The molecule has 2 rings (SSSR count). The fourth-order valence-electron chi connectivity index (χ4n) is 2.49. The van der Waals surface area contributed by atoms with E-state index in [9.17, 15) is 9.90 Å². The Labute approximate surface area is 149 Å². The maximum Gasteiger partial charge on any atom is 0.315 e. The van der Waals surface area contributed by atoms with Gasteiger partial charge in [0.05, 0.1) is 18.8 Å². The molecule has 0 aromatic heterocycles. The highest BCUT2D eigenvalue weighted by atomic mass is 16.5. The lowest BCUT2D eigenvalue weighted by atomic mass is 10.1. The highest BCUT2D eigenvalue weighted by molar-refractivity contribution is 5.74. The summed E-state index contributed by atoms with van der Waals surface area (Å²) in [5.74, 6) is 0.765. The molecule has 1 unspecified atom stereocenters. The van der Waals surface area contributed by atoms with E-state index in [1.807, 2.05) is 68.4 Å². The summed E-state index contributed by atoms with van der Waals surface area (Å²) in [6.45, 7) is 4.17. The lowest BCUT2D eigenvalue weighted by molar-refractivity contribution is 0.215. The van der Waals surface area contributed by atoms with E-state index in [1.54, 1.807) is 0 Å². The summed E-state index contributed by atoms with van der Waals surface area (Å²) in [6.07, 6.45) is 0.650. The summed E-state index contributed by atoms with van der Waals surface area (Å²) in [4.78, 5) is 12.1. The Morgan fingerprint density at radius 1 is 1.08 bits per heavy atom. The van der Waals surface area contributed by atoms with E-state index in [4.69, 9.17) is 4.74 Å². The third-order valence-electron chi connectivity index (χ3n) is 3.66. The van der Waals surface area contributed by atoms with E-state index in [1.165, 1.54) is 0 Å². The molecule has 5 nitrogen and oxygen atoms in total.